The van der Waals surface area contributed by atoms with E-state index in [1.807, 2.05) is 42.6 Å². The van der Waals surface area contributed by atoms with Crippen LogP contribution in [-0.2, 0) is 13.0 Å². The average Bonchev–Trinajstić information content (AvgIpc) is 3.14. The van der Waals surface area contributed by atoms with Gasteiger partial charge in [-0.25, -0.2) is 4.98 Å². The zero-order chi connectivity index (χ0) is 16.9. The molecule has 3 aromatic heterocycles. The first-order chi connectivity index (χ1) is 11.7. The molecule has 3 aromatic rings. The van der Waals surface area contributed by atoms with E-state index in [9.17, 15) is 0 Å². The van der Waals surface area contributed by atoms with Crippen LogP contribution in [0.5, 0.6) is 0 Å². The average molecular weight is 326 g/mol. The number of imidazole rings is 1. The summed E-state index contributed by atoms with van der Waals surface area (Å²) in [5.41, 5.74) is 3.99. The summed E-state index contributed by atoms with van der Waals surface area (Å²) in [4.78, 5) is 8.83. The van der Waals surface area contributed by atoms with Gasteiger partial charge in [0.2, 0.25) is 0 Å². The van der Waals surface area contributed by atoms with E-state index in [4.69, 9.17) is 4.52 Å². The quantitative estimate of drug-likeness (QED) is 0.552. The fourth-order valence-corrected chi connectivity index (χ4v) is 2.56. The van der Waals surface area contributed by atoms with Crippen LogP contribution in [0.15, 0.2) is 40.1 Å². The van der Waals surface area contributed by atoms with E-state index in [1.165, 1.54) is 0 Å². The van der Waals surface area contributed by atoms with Crippen molar-refractivity contribution < 1.29 is 4.52 Å². The number of aryl methyl sites for hydroxylation is 2. The molecule has 0 spiro atoms. The summed E-state index contributed by atoms with van der Waals surface area (Å²) >= 11 is 0. The lowest BCUT2D eigenvalue weighted by molar-refractivity contribution is 0.392. The van der Waals surface area contributed by atoms with Gasteiger partial charge in [0.25, 0.3) is 0 Å². The SMILES string of the molecule is CN=C(NCCc1cn2ccccc2n1)NCc1c(C)noc1C. The van der Waals surface area contributed by atoms with E-state index in [2.05, 4.69) is 32.0 Å². The molecule has 7 nitrogen and oxygen atoms in total. The largest absolute Gasteiger partial charge is 0.361 e. The van der Waals surface area contributed by atoms with Crippen molar-refractivity contribution in [2.45, 2.75) is 26.8 Å². The number of aromatic nitrogens is 3. The summed E-state index contributed by atoms with van der Waals surface area (Å²) in [7, 11) is 1.76. The third-order valence-corrected chi connectivity index (χ3v) is 3.92. The van der Waals surface area contributed by atoms with Crippen LogP contribution in [0.3, 0.4) is 0 Å². The Labute approximate surface area is 140 Å². The Bertz CT molecular complexity index is 795. The molecule has 0 saturated carbocycles. The van der Waals surface area contributed by atoms with Gasteiger partial charge in [0.05, 0.1) is 11.4 Å². The van der Waals surface area contributed by atoms with Gasteiger partial charge in [0.1, 0.15) is 11.4 Å². The maximum Gasteiger partial charge on any atom is 0.191 e. The molecule has 3 rings (SSSR count). The number of nitrogens with one attached hydrogen (secondary N) is 2. The Morgan fingerprint density at radius 3 is 2.88 bits per heavy atom. The van der Waals surface area contributed by atoms with Crippen LogP contribution in [-0.4, -0.2) is 34.1 Å². The van der Waals surface area contributed by atoms with Crippen LogP contribution in [0.4, 0.5) is 0 Å². The van der Waals surface area contributed by atoms with Crippen molar-refractivity contribution in [3.63, 3.8) is 0 Å². The molecule has 126 valence electrons. The highest BCUT2D eigenvalue weighted by Crippen LogP contribution is 2.11. The first-order valence-electron chi connectivity index (χ1n) is 7.96. The lowest BCUT2D eigenvalue weighted by Gasteiger charge is -2.11. The lowest BCUT2D eigenvalue weighted by Crippen LogP contribution is -2.38. The van der Waals surface area contributed by atoms with Gasteiger partial charge in [-0.05, 0) is 26.0 Å². The molecule has 0 bridgehead atoms. The van der Waals surface area contributed by atoms with Gasteiger partial charge in [-0.1, -0.05) is 11.2 Å². The standard InChI is InChI=1S/C17H22N6O/c1-12-15(13(2)24-22-12)10-20-17(18-3)19-8-7-14-11-23-9-5-4-6-16(23)21-14/h4-6,9,11H,7-8,10H2,1-3H3,(H2,18,19,20). The molecule has 0 unspecified atom stereocenters. The second-order valence-electron chi connectivity index (χ2n) is 5.60. The van der Waals surface area contributed by atoms with Crippen LogP contribution in [0.1, 0.15) is 22.7 Å². The van der Waals surface area contributed by atoms with Crippen LogP contribution in [0.25, 0.3) is 5.65 Å². The lowest BCUT2D eigenvalue weighted by atomic mass is 10.2. The minimum atomic E-state index is 0.634. The second-order valence-corrected chi connectivity index (χ2v) is 5.60. The van der Waals surface area contributed by atoms with Crippen LogP contribution >= 0.6 is 0 Å². The number of fused-ring (bicyclic) bond motifs is 1. The molecule has 24 heavy (non-hydrogen) atoms. The number of rotatable bonds is 5. The van der Waals surface area contributed by atoms with E-state index in [1.54, 1.807) is 7.05 Å². The molecular weight excluding hydrogens is 304 g/mol. The normalized spacial score (nSPS) is 11.9. The summed E-state index contributed by atoms with van der Waals surface area (Å²) < 4.78 is 7.20. The molecule has 0 saturated heterocycles. The number of guanidine groups is 1. The summed E-state index contributed by atoms with van der Waals surface area (Å²) in [6.45, 7) is 5.24. The molecule has 3 heterocycles. The smallest absolute Gasteiger partial charge is 0.191 e. The van der Waals surface area contributed by atoms with Crippen molar-refractivity contribution in [1.29, 1.82) is 0 Å². The van der Waals surface area contributed by atoms with E-state index in [0.717, 1.165) is 47.3 Å². The van der Waals surface area contributed by atoms with E-state index >= 15 is 0 Å². The summed E-state index contributed by atoms with van der Waals surface area (Å²) in [5.74, 6) is 1.58. The molecule has 7 heteroatoms. The Hall–Kier alpha value is -2.83. The van der Waals surface area contributed by atoms with Crippen molar-refractivity contribution in [2.75, 3.05) is 13.6 Å². The molecular formula is C17H22N6O. The van der Waals surface area contributed by atoms with Gasteiger partial charge in [0.15, 0.2) is 5.96 Å². The molecule has 0 aliphatic rings. The Morgan fingerprint density at radius 2 is 2.17 bits per heavy atom. The third kappa shape index (κ3) is 3.56. The van der Waals surface area contributed by atoms with Crippen LogP contribution < -0.4 is 10.6 Å². The molecule has 0 radical (unpaired) electrons. The highest BCUT2D eigenvalue weighted by molar-refractivity contribution is 5.79. The van der Waals surface area contributed by atoms with Gasteiger partial charge in [-0.3, -0.25) is 4.99 Å². The van der Waals surface area contributed by atoms with Gasteiger partial charge < -0.3 is 19.6 Å². The second kappa shape index (κ2) is 7.16. The van der Waals surface area contributed by atoms with E-state index in [-0.39, 0.29) is 0 Å². The predicted molar refractivity (Wildman–Crippen MR) is 93.1 cm³/mol. The Morgan fingerprint density at radius 1 is 1.29 bits per heavy atom. The van der Waals surface area contributed by atoms with E-state index in [0.29, 0.717) is 6.54 Å². The minimum Gasteiger partial charge on any atom is -0.361 e. The van der Waals surface area contributed by atoms with Crippen molar-refractivity contribution in [3.05, 3.63) is 53.3 Å². The fraction of sp³-hybridized carbons (Fsp3) is 0.353. The fourth-order valence-electron chi connectivity index (χ4n) is 2.56. The molecule has 0 fully saturated rings. The molecule has 0 aliphatic carbocycles. The Balaban J connectivity index is 1.51. The monoisotopic (exact) mass is 326 g/mol. The third-order valence-electron chi connectivity index (χ3n) is 3.92. The molecule has 0 aliphatic heterocycles. The van der Waals surface area contributed by atoms with Crippen LogP contribution in [0, 0.1) is 13.8 Å². The minimum absolute atomic E-state index is 0.634. The van der Waals surface area contributed by atoms with E-state index < -0.39 is 0 Å². The highest BCUT2D eigenvalue weighted by atomic mass is 16.5. The van der Waals surface area contributed by atoms with Crippen molar-refractivity contribution in [2.24, 2.45) is 4.99 Å². The van der Waals surface area contributed by atoms with Crippen molar-refractivity contribution in [1.82, 2.24) is 25.2 Å². The zero-order valence-corrected chi connectivity index (χ0v) is 14.2. The first-order valence-corrected chi connectivity index (χ1v) is 7.96. The predicted octanol–water partition coefficient (Wildman–Crippen LogP) is 1.85. The maximum atomic E-state index is 5.17. The summed E-state index contributed by atoms with van der Waals surface area (Å²) in [5, 5.41) is 10.5. The van der Waals surface area contributed by atoms with Gasteiger partial charge in [-0.2, -0.15) is 0 Å². The molecule has 0 amide bonds. The molecule has 0 atom stereocenters. The number of aliphatic imine (C=N–C) groups is 1. The van der Waals surface area contributed by atoms with Gasteiger partial charge in [0, 0.05) is 44.5 Å². The zero-order valence-electron chi connectivity index (χ0n) is 14.2. The summed E-state index contributed by atoms with van der Waals surface area (Å²) in [6.07, 6.45) is 4.88. The maximum absolute atomic E-state index is 5.17. The number of pyridine rings is 1. The van der Waals surface area contributed by atoms with Crippen LogP contribution in [0.2, 0.25) is 0 Å². The highest BCUT2D eigenvalue weighted by Gasteiger charge is 2.09. The summed E-state index contributed by atoms with van der Waals surface area (Å²) in [6, 6.07) is 5.99. The van der Waals surface area contributed by atoms with Crippen molar-refractivity contribution in [3.8, 4) is 0 Å². The number of nitrogens with zero attached hydrogens (tertiary/aromatic N) is 4. The molecule has 0 aromatic carbocycles. The van der Waals surface area contributed by atoms with Crippen molar-refractivity contribution >= 4 is 11.6 Å². The Kier molecular flexibility index (Phi) is 4.79. The van der Waals surface area contributed by atoms with Gasteiger partial charge in [-0.15, -0.1) is 0 Å². The number of hydrogen-bond donors (Lipinski definition) is 2. The first kappa shape index (κ1) is 16.0. The number of hydrogen-bond acceptors (Lipinski definition) is 4. The molecule has 2 N–H and O–H groups in total. The van der Waals surface area contributed by atoms with Gasteiger partial charge >= 0.3 is 0 Å². The topological polar surface area (TPSA) is 79.8 Å².